The van der Waals surface area contributed by atoms with E-state index in [1.807, 2.05) is 0 Å². The molecular formula is C5H4NO2. The lowest BCUT2D eigenvalue weighted by atomic mass is 10.4. The predicted octanol–water partition coefficient (Wildman–Crippen LogP) is 0.327. The summed E-state index contributed by atoms with van der Waals surface area (Å²) in [4.78, 5) is 9.66. The first-order chi connectivity index (χ1) is 3.93. The van der Waals surface area contributed by atoms with E-state index in [1.54, 1.807) is 12.4 Å². The molecule has 0 amide bonds. The minimum atomic E-state index is 0.194. The fourth-order valence-corrected chi connectivity index (χ4v) is 0.404. The van der Waals surface area contributed by atoms with Crippen molar-refractivity contribution in [2.75, 3.05) is 0 Å². The quantitative estimate of drug-likeness (QED) is 0.550. The van der Waals surface area contributed by atoms with Gasteiger partial charge in [-0.15, -0.1) is 0 Å². The Balaban J connectivity index is 2.62. The van der Waals surface area contributed by atoms with E-state index in [9.17, 15) is 4.79 Å². The summed E-state index contributed by atoms with van der Waals surface area (Å²) < 4.78 is 4.56. The molecule has 1 heterocycles. The Morgan fingerprint density at radius 2 is 2.75 bits per heavy atom. The van der Waals surface area contributed by atoms with E-state index in [1.165, 1.54) is 6.20 Å². The molecule has 0 aliphatic rings. The lowest BCUT2D eigenvalue weighted by Gasteiger charge is -1.75. The molecule has 0 saturated carbocycles. The molecule has 3 nitrogen and oxygen atoms in total. The van der Waals surface area contributed by atoms with Gasteiger partial charge in [-0.3, -0.25) is 4.79 Å². The molecule has 1 aromatic rings. The molecule has 8 heavy (non-hydrogen) atoms. The SMILES string of the molecule is O=[C]Cc1ccno1. The zero-order valence-corrected chi connectivity index (χ0v) is 4.13. The van der Waals surface area contributed by atoms with Crippen LogP contribution in [0.1, 0.15) is 5.76 Å². The molecule has 0 aliphatic carbocycles. The van der Waals surface area contributed by atoms with Gasteiger partial charge in [0.15, 0.2) is 0 Å². The number of carbonyl (C=O) groups excluding carboxylic acids is 1. The number of aromatic nitrogens is 1. The molecule has 0 atom stereocenters. The number of hydrogen-bond acceptors (Lipinski definition) is 3. The fraction of sp³-hybridized carbons (Fsp3) is 0.200. The van der Waals surface area contributed by atoms with Crippen LogP contribution < -0.4 is 0 Å². The summed E-state index contributed by atoms with van der Waals surface area (Å²) >= 11 is 0. The Morgan fingerprint density at radius 3 is 3.25 bits per heavy atom. The molecule has 0 unspecified atom stereocenters. The lowest BCUT2D eigenvalue weighted by molar-refractivity contribution is 0.390. The highest BCUT2D eigenvalue weighted by Gasteiger charge is 1.92. The highest BCUT2D eigenvalue weighted by Crippen LogP contribution is 1.93. The van der Waals surface area contributed by atoms with Crippen molar-refractivity contribution in [3.63, 3.8) is 0 Å². The molecule has 0 aliphatic heterocycles. The lowest BCUT2D eigenvalue weighted by Crippen LogP contribution is -1.78. The maximum Gasteiger partial charge on any atom is 0.206 e. The van der Waals surface area contributed by atoms with Gasteiger partial charge >= 0.3 is 0 Å². The molecule has 41 valence electrons. The van der Waals surface area contributed by atoms with Gasteiger partial charge in [0.2, 0.25) is 6.29 Å². The van der Waals surface area contributed by atoms with E-state index < -0.39 is 0 Å². The van der Waals surface area contributed by atoms with Crippen LogP contribution in [0.5, 0.6) is 0 Å². The number of nitrogens with zero attached hydrogens (tertiary/aromatic N) is 1. The first-order valence-electron chi connectivity index (χ1n) is 2.18. The van der Waals surface area contributed by atoms with Gasteiger partial charge in [0.1, 0.15) is 5.76 Å². The van der Waals surface area contributed by atoms with Crippen LogP contribution in [-0.4, -0.2) is 11.4 Å². The van der Waals surface area contributed by atoms with Gasteiger partial charge in [-0.1, -0.05) is 5.16 Å². The Labute approximate surface area is 46.3 Å². The summed E-state index contributed by atoms with van der Waals surface area (Å²) in [5, 5.41) is 3.39. The van der Waals surface area contributed by atoms with Gasteiger partial charge in [0.05, 0.1) is 12.6 Å². The largest absolute Gasteiger partial charge is 0.361 e. The van der Waals surface area contributed by atoms with E-state index in [0.717, 1.165) is 0 Å². The van der Waals surface area contributed by atoms with Crippen LogP contribution in [0.3, 0.4) is 0 Å². The molecule has 3 heteroatoms. The van der Waals surface area contributed by atoms with Crippen LogP contribution in [0.25, 0.3) is 0 Å². The second-order valence-electron chi connectivity index (χ2n) is 1.30. The average molecular weight is 110 g/mol. The van der Waals surface area contributed by atoms with Crippen molar-refractivity contribution in [2.24, 2.45) is 0 Å². The topological polar surface area (TPSA) is 43.1 Å². The predicted molar refractivity (Wildman–Crippen MR) is 25.9 cm³/mol. The fourth-order valence-electron chi connectivity index (χ4n) is 0.404. The van der Waals surface area contributed by atoms with Gasteiger partial charge in [0, 0.05) is 6.07 Å². The maximum atomic E-state index is 9.66. The van der Waals surface area contributed by atoms with Crippen LogP contribution in [-0.2, 0) is 11.2 Å². The number of hydrogen-bond donors (Lipinski definition) is 0. The summed E-state index contributed by atoms with van der Waals surface area (Å²) in [6, 6.07) is 1.63. The standard InChI is InChI=1S/C5H4NO2/c7-4-2-5-1-3-6-8-5/h1,3H,2H2. The summed E-state index contributed by atoms with van der Waals surface area (Å²) in [5.41, 5.74) is 0. The van der Waals surface area contributed by atoms with Crippen molar-refractivity contribution >= 4 is 6.29 Å². The molecule has 0 aromatic carbocycles. The smallest absolute Gasteiger partial charge is 0.206 e. The van der Waals surface area contributed by atoms with Crippen LogP contribution in [0.4, 0.5) is 0 Å². The molecule has 1 aromatic heterocycles. The van der Waals surface area contributed by atoms with Crippen molar-refractivity contribution in [1.29, 1.82) is 0 Å². The summed E-state index contributed by atoms with van der Waals surface area (Å²) in [6.45, 7) is 0. The van der Waals surface area contributed by atoms with Gasteiger partial charge in [0.25, 0.3) is 0 Å². The zero-order chi connectivity index (χ0) is 5.82. The molecular weight excluding hydrogens is 106 g/mol. The van der Waals surface area contributed by atoms with Crippen molar-refractivity contribution in [3.05, 3.63) is 18.0 Å². The van der Waals surface area contributed by atoms with E-state index in [0.29, 0.717) is 5.76 Å². The first-order valence-corrected chi connectivity index (χ1v) is 2.18. The second-order valence-corrected chi connectivity index (χ2v) is 1.30. The van der Waals surface area contributed by atoms with E-state index in [4.69, 9.17) is 0 Å². The molecule has 1 rings (SSSR count). The average Bonchev–Trinajstić information content (AvgIpc) is 2.19. The van der Waals surface area contributed by atoms with Crippen molar-refractivity contribution in [2.45, 2.75) is 6.42 Å². The van der Waals surface area contributed by atoms with Crippen molar-refractivity contribution < 1.29 is 9.32 Å². The monoisotopic (exact) mass is 110 g/mol. The molecule has 0 saturated heterocycles. The molecule has 1 radical (unpaired) electrons. The van der Waals surface area contributed by atoms with E-state index in [-0.39, 0.29) is 6.42 Å². The Morgan fingerprint density at radius 1 is 1.88 bits per heavy atom. The van der Waals surface area contributed by atoms with Crippen LogP contribution in [0.2, 0.25) is 0 Å². The van der Waals surface area contributed by atoms with Crippen molar-refractivity contribution in [1.82, 2.24) is 5.16 Å². The third-order valence-electron chi connectivity index (χ3n) is 0.738. The summed E-state index contributed by atoms with van der Waals surface area (Å²) in [5.74, 6) is 0.556. The summed E-state index contributed by atoms with van der Waals surface area (Å²) in [7, 11) is 0. The first kappa shape index (κ1) is 5.03. The molecule has 0 N–H and O–H groups in total. The molecule has 0 bridgehead atoms. The highest BCUT2D eigenvalue weighted by atomic mass is 16.5. The number of rotatable bonds is 2. The van der Waals surface area contributed by atoms with Gasteiger partial charge in [-0.05, 0) is 0 Å². The van der Waals surface area contributed by atoms with E-state index >= 15 is 0 Å². The Kier molecular flexibility index (Phi) is 1.42. The second kappa shape index (κ2) is 2.26. The molecule has 0 spiro atoms. The van der Waals surface area contributed by atoms with Crippen molar-refractivity contribution in [3.8, 4) is 0 Å². The van der Waals surface area contributed by atoms with Crippen LogP contribution >= 0.6 is 0 Å². The third-order valence-corrected chi connectivity index (χ3v) is 0.738. The molecule has 0 fully saturated rings. The van der Waals surface area contributed by atoms with Crippen LogP contribution in [0, 0.1) is 0 Å². The minimum absolute atomic E-state index is 0.194. The minimum Gasteiger partial charge on any atom is -0.361 e. The third kappa shape index (κ3) is 0.932. The van der Waals surface area contributed by atoms with Gasteiger partial charge in [-0.25, -0.2) is 0 Å². The summed E-state index contributed by atoms with van der Waals surface area (Å²) in [6.07, 6.45) is 3.37. The van der Waals surface area contributed by atoms with Gasteiger partial charge in [-0.2, -0.15) is 0 Å². The van der Waals surface area contributed by atoms with Crippen LogP contribution in [0.15, 0.2) is 16.8 Å². The zero-order valence-electron chi connectivity index (χ0n) is 4.13. The van der Waals surface area contributed by atoms with E-state index in [2.05, 4.69) is 9.68 Å². The normalized spacial score (nSPS) is 9.00. The Bertz CT molecular complexity index is 157. The Hall–Kier alpha value is -1.12. The van der Waals surface area contributed by atoms with Gasteiger partial charge < -0.3 is 4.52 Å². The maximum absolute atomic E-state index is 9.66. The highest BCUT2D eigenvalue weighted by molar-refractivity contribution is 5.53.